The minimum Gasteiger partial charge on any atom is -0.493 e. The minimum absolute atomic E-state index is 0.0471. The molecule has 1 aliphatic carbocycles. The van der Waals surface area contributed by atoms with Crippen LogP contribution in [0.4, 0.5) is 27.8 Å². The number of hydrogen-bond acceptors (Lipinski definition) is 7. The summed E-state index contributed by atoms with van der Waals surface area (Å²) in [5.41, 5.74) is -1.71. The highest BCUT2D eigenvalue weighted by Gasteiger charge is 2.66. The van der Waals surface area contributed by atoms with Crippen molar-refractivity contribution in [3.63, 3.8) is 0 Å². The van der Waals surface area contributed by atoms with Crippen molar-refractivity contribution < 1.29 is 40.7 Å². The predicted molar refractivity (Wildman–Crippen MR) is 124 cm³/mol. The maximum absolute atomic E-state index is 15.0. The fourth-order valence-corrected chi connectivity index (χ4v) is 4.10. The van der Waals surface area contributed by atoms with Gasteiger partial charge in [-0.3, -0.25) is 9.78 Å². The molecule has 5 rings (SSSR count). The topological polar surface area (TPSA) is 99.4 Å². The molecule has 2 aromatic heterocycles. The van der Waals surface area contributed by atoms with Crippen molar-refractivity contribution in [3.8, 4) is 22.8 Å². The highest BCUT2D eigenvalue weighted by atomic mass is 19.4. The highest BCUT2D eigenvalue weighted by molar-refractivity contribution is 5.91. The number of aromatic nitrogens is 3. The highest BCUT2D eigenvalue weighted by Crippen LogP contribution is 2.59. The van der Waals surface area contributed by atoms with Crippen LogP contribution in [0.25, 0.3) is 22.3 Å². The van der Waals surface area contributed by atoms with Gasteiger partial charge in [0.25, 0.3) is 0 Å². The first kappa shape index (κ1) is 25.4. The number of benzene rings is 2. The third-order valence-corrected chi connectivity index (χ3v) is 6.35. The largest absolute Gasteiger partial charge is 0.493 e. The maximum atomic E-state index is 15.0. The van der Waals surface area contributed by atoms with Gasteiger partial charge >= 0.3 is 6.18 Å². The summed E-state index contributed by atoms with van der Waals surface area (Å²) in [4.78, 5) is 21.0. The zero-order valence-corrected chi connectivity index (χ0v) is 19.9. The van der Waals surface area contributed by atoms with Crippen molar-refractivity contribution in [2.45, 2.75) is 30.9 Å². The van der Waals surface area contributed by atoms with Crippen LogP contribution in [0.3, 0.4) is 0 Å². The average Bonchev–Trinajstić information content (AvgIpc) is 3.58. The fraction of sp³-hybridized carbons (Fsp3) is 0.280. The van der Waals surface area contributed by atoms with Crippen molar-refractivity contribution in [2.24, 2.45) is 0 Å². The lowest BCUT2D eigenvalue weighted by atomic mass is 10.0. The summed E-state index contributed by atoms with van der Waals surface area (Å²) in [6, 6.07) is 5.87. The second kappa shape index (κ2) is 9.23. The number of amides is 1. The Morgan fingerprint density at radius 2 is 1.71 bits per heavy atom. The first-order chi connectivity index (χ1) is 18.0. The van der Waals surface area contributed by atoms with Gasteiger partial charge < -0.3 is 19.3 Å². The number of hydrogen-bond donors (Lipinski definition) is 1. The first-order valence-electron chi connectivity index (χ1n) is 11.3. The van der Waals surface area contributed by atoms with Crippen molar-refractivity contribution >= 4 is 22.8 Å². The SMILES string of the molecule is COc1cc2ncc(-c3cc(F)c(CC(=O)Nc4cc(C5(C(F)(F)F)CC5)on4)cc3F)nc2cc1OC. The molecular formula is C25H19F5N4O4. The fourth-order valence-electron chi connectivity index (χ4n) is 4.10. The average molecular weight is 534 g/mol. The molecule has 0 bridgehead atoms. The van der Waals surface area contributed by atoms with Crippen LogP contribution >= 0.6 is 0 Å². The van der Waals surface area contributed by atoms with Crippen molar-refractivity contribution in [1.82, 2.24) is 15.1 Å². The number of methoxy groups -OCH3 is 2. The molecule has 1 amide bonds. The Balaban J connectivity index is 1.34. The number of nitrogens with zero attached hydrogens (tertiary/aromatic N) is 3. The molecule has 4 aromatic rings. The lowest BCUT2D eigenvalue weighted by Crippen LogP contribution is -2.28. The Hall–Kier alpha value is -4.29. The van der Waals surface area contributed by atoms with Crippen molar-refractivity contribution in [3.05, 3.63) is 59.5 Å². The third-order valence-electron chi connectivity index (χ3n) is 6.35. The van der Waals surface area contributed by atoms with Gasteiger partial charge in [-0.2, -0.15) is 13.2 Å². The number of fused-ring (bicyclic) bond motifs is 1. The number of anilines is 1. The number of carbonyl (C=O) groups is 1. The van der Waals surface area contributed by atoms with Crippen LogP contribution in [0.2, 0.25) is 0 Å². The molecule has 1 aliphatic rings. The molecule has 0 saturated heterocycles. The van der Waals surface area contributed by atoms with Gasteiger partial charge in [0.1, 0.15) is 17.0 Å². The van der Waals surface area contributed by atoms with E-state index in [0.29, 0.717) is 22.5 Å². The van der Waals surface area contributed by atoms with Gasteiger partial charge in [-0.05, 0) is 25.0 Å². The molecule has 8 nitrogen and oxygen atoms in total. The Morgan fingerprint density at radius 3 is 2.34 bits per heavy atom. The number of carbonyl (C=O) groups excluding carboxylic acids is 1. The van der Waals surface area contributed by atoms with Gasteiger partial charge in [0.05, 0.1) is 43.6 Å². The zero-order valence-electron chi connectivity index (χ0n) is 19.9. The van der Waals surface area contributed by atoms with E-state index in [1.54, 1.807) is 12.1 Å². The predicted octanol–water partition coefficient (Wildman–Crippen LogP) is 5.36. The van der Waals surface area contributed by atoms with Gasteiger partial charge in [0, 0.05) is 29.3 Å². The lowest BCUT2D eigenvalue weighted by molar-refractivity contribution is -0.165. The Labute approximate surface area is 211 Å². The van der Waals surface area contributed by atoms with Gasteiger partial charge in [-0.25, -0.2) is 13.8 Å². The Morgan fingerprint density at radius 1 is 1.03 bits per heavy atom. The summed E-state index contributed by atoms with van der Waals surface area (Å²) in [5.74, 6) is -2.42. The van der Waals surface area contributed by atoms with Crippen LogP contribution < -0.4 is 14.8 Å². The molecule has 1 fully saturated rings. The Kier molecular flexibility index (Phi) is 6.16. The maximum Gasteiger partial charge on any atom is 0.401 e. The molecule has 0 aliphatic heterocycles. The number of nitrogens with one attached hydrogen (secondary N) is 1. The summed E-state index contributed by atoms with van der Waals surface area (Å²) >= 11 is 0. The van der Waals surface area contributed by atoms with Crippen LogP contribution in [-0.4, -0.2) is 41.4 Å². The smallest absolute Gasteiger partial charge is 0.401 e. The van der Waals surface area contributed by atoms with Crippen LogP contribution in [0.1, 0.15) is 24.2 Å². The number of rotatable bonds is 7. The molecule has 2 heterocycles. The summed E-state index contributed by atoms with van der Waals surface area (Å²) < 4.78 is 84.8. The van der Waals surface area contributed by atoms with Gasteiger partial charge in [-0.1, -0.05) is 5.16 Å². The normalized spacial score (nSPS) is 14.4. The molecule has 2 aromatic carbocycles. The molecule has 198 valence electrons. The Bertz CT molecular complexity index is 1550. The third kappa shape index (κ3) is 4.48. The standard InChI is InChI=1S/C25H19F5N4O4/c1-36-19-8-16-17(9-20(19)37-2)32-18(11-31-16)13-7-14(26)12(5-15(13)27)6-23(35)33-22-10-21(38-34-22)24(3-4-24)25(28,29)30/h5,7-11H,3-4,6H2,1-2H3,(H,33,34,35). The van der Waals surface area contributed by atoms with E-state index in [0.717, 1.165) is 18.2 Å². The molecule has 13 heteroatoms. The molecule has 0 radical (unpaired) electrons. The second-order valence-corrected chi connectivity index (χ2v) is 8.76. The van der Waals surface area contributed by atoms with Crippen LogP contribution in [0.5, 0.6) is 11.5 Å². The first-order valence-corrected chi connectivity index (χ1v) is 11.3. The number of ether oxygens (including phenoxy) is 2. The quantitative estimate of drug-likeness (QED) is 0.319. The molecule has 0 unspecified atom stereocenters. The van der Waals surface area contributed by atoms with E-state index < -0.39 is 41.3 Å². The summed E-state index contributed by atoms with van der Waals surface area (Å²) in [6.45, 7) is 0. The van der Waals surface area contributed by atoms with E-state index in [1.807, 2.05) is 0 Å². The number of alkyl halides is 3. The zero-order chi connectivity index (χ0) is 27.2. The van der Waals surface area contributed by atoms with E-state index in [1.165, 1.54) is 20.4 Å². The van der Waals surface area contributed by atoms with E-state index in [-0.39, 0.29) is 35.5 Å². The molecule has 0 spiro atoms. The van der Waals surface area contributed by atoms with Crippen molar-refractivity contribution in [2.75, 3.05) is 19.5 Å². The minimum atomic E-state index is -4.51. The lowest BCUT2D eigenvalue weighted by Gasteiger charge is -2.14. The van der Waals surface area contributed by atoms with Crippen LogP contribution in [0.15, 0.2) is 41.1 Å². The molecular weight excluding hydrogens is 515 g/mol. The molecule has 0 atom stereocenters. The van der Waals surface area contributed by atoms with Crippen molar-refractivity contribution in [1.29, 1.82) is 0 Å². The molecule has 1 saturated carbocycles. The van der Waals surface area contributed by atoms with E-state index in [9.17, 15) is 26.7 Å². The van der Waals surface area contributed by atoms with Gasteiger partial charge in [0.15, 0.2) is 23.1 Å². The summed E-state index contributed by atoms with van der Waals surface area (Å²) in [6.07, 6.45) is -4.12. The van der Waals surface area contributed by atoms with E-state index in [4.69, 9.17) is 14.0 Å². The van der Waals surface area contributed by atoms with Crippen LogP contribution in [-0.2, 0) is 16.6 Å². The van der Waals surface area contributed by atoms with Gasteiger partial charge in [0.2, 0.25) is 5.91 Å². The number of halogens is 5. The van der Waals surface area contributed by atoms with Gasteiger partial charge in [-0.15, -0.1) is 0 Å². The molecule has 38 heavy (non-hydrogen) atoms. The van der Waals surface area contributed by atoms with E-state index >= 15 is 0 Å². The summed E-state index contributed by atoms with van der Waals surface area (Å²) in [7, 11) is 2.91. The summed E-state index contributed by atoms with van der Waals surface area (Å²) in [5, 5.41) is 5.70. The second-order valence-electron chi connectivity index (χ2n) is 8.76. The van der Waals surface area contributed by atoms with Crippen LogP contribution in [0, 0.1) is 11.6 Å². The van der Waals surface area contributed by atoms with E-state index in [2.05, 4.69) is 20.4 Å². The monoisotopic (exact) mass is 534 g/mol. The molecule has 1 N–H and O–H groups in total.